The lowest BCUT2D eigenvalue weighted by atomic mass is 10.2. The Balaban J connectivity index is 2.34. The van der Waals surface area contributed by atoms with Crippen LogP contribution in [0.5, 0.6) is 0 Å². The molecule has 0 bridgehead atoms. The Kier molecular flexibility index (Phi) is 3.38. The number of fused-ring (bicyclic) bond motifs is 1. The summed E-state index contributed by atoms with van der Waals surface area (Å²) in [4.78, 5) is 22.7. The van der Waals surface area contributed by atoms with Crippen molar-refractivity contribution in [3.05, 3.63) is 46.8 Å². The number of Topliss-reactive ketones (excluding diaryl/α,β-unsaturated/α-hetero) is 1. The standard InChI is InChI=1S/C14H15NO2/c1-11(16)5-4-10-15-13-7-3-2-6-12(13)8-9-14(15)17/h2-3,6-9H,4-5,10H2,1H3. The van der Waals surface area contributed by atoms with Crippen LogP contribution in [0.4, 0.5) is 0 Å². The minimum atomic E-state index is -0.00717. The largest absolute Gasteiger partial charge is 0.308 e. The van der Waals surface area contributed by atoms with Crippen molar-refractivity contribution in [2.45, 2.75) is 26.3 Å². The van der Waals surface area contributed by atoms with Gasteiger partial charge in [0.25, 0.3) is 5.56 Å². The van der Waals surface area contributed by atoms with E-state index in [1.807, 2.05) is 30.3 Å². The van der Waals surface area contributed by atoms with E-state index in [2.05, 4.69) is 0 Å². The van der Waals surface area contributed by atoms with Crippen LogP contribution in [-0.4, -0.2) is 10.4 Å². The predicted molar refractivity (Wildman–Crippen MR) is 68.1 cm³/mol. The lowest BCUT2D eigenvalue weighted by molar-refractivity contribution is -0.117. The molecule has 0 aliphatic carbocycles. The number of carbonyl (C=O) groups excluding carboxylic acids is 1. The van der Waals surface area contributed by atoms with Crippen LogP contribution in [0, 0.1) is 0 Å². The Hall–Kier alpha value is -1.90. The average molecular weight is 229 g/mol. The zero-order chi connectivity index (χ0) is 12.3. The van der Waals surface area contributed by atoms with Crippen molar-refractivity contribution in [3.63, 3.8) is 0 Å². The molecule has 3 nitrogen and oxygen atoms in total. The average Bonchev–Trinajstić information content (AvgIpc) is 2.32. The molecule has 2 rings (SSSR count). The number of nitrogens with zero attached hydrogens (tertiary/aromatic N) is 1. The van der Waals surface area contributed by atoms with Crippen LogP contribution in [0.3, 0.4) is 0 Å². The molecule has 0 radical (unpaired) electrons. The second-order valence-corrected chi connectivity index (χ2v) is 4.19. The van der Waals surface area contributed by atoms with E-state index in [9.17, 15) is 9.59 Å². The van der Waals surface area contributed by atoms with Crippen molar-refractivity contribution in [1.82, 2.24) is 4.57 Å². The summed E-state index contributed by atoms with van der Waals surface area (Å²) < 4.78 is 1.73. The third-order valence-corrected chi connectivity index (χ3v) is 2.81. The Labute approximate surface area is 99.7 Å². The first-order chi connectivity index (χ1) is 8.18. The number of aryl methyl sites for hydroxylation is 1. The van der Waals surface area contributed by atoms with E-state index in [1.54, 1.807) is 17.6 Å². The summed E-state index contributed by atoms with van der Waals surface area (Å²) in [6.07, 6.45) is 1.24. The van der Waals surface area contributed by atoms with Gasteiger partial charge in [0.1, 0.15) is 5.78 Å². The highest BCUT2D eigenvalue weighted by molar-refractivity contribution is 5.78. The Morgan fingerprint density at radius 1 is 1.18 bits per heavy atom. The SMILES string of the molecule is CC(=O)CCCn1c(=O)ccc2ccccc21. The highest BCUT2D eigenvalue weighted by Crippen LogP contribution is 2.11. The molecule has 17 heavy (non-hydrogen) atoms. The third-order valence-electron chi connectivity index (χ3n) is 2.81. The van der Waals surface area contributed by atoms with Crippen LogP contribution >= 0.6 is 0 Å². The summed E-state index contributed by atoms with van der Waals surface area (Å²) in [7, 11) is 0. The van der Waals surface area contributed by atoms with E-state index in [4.69, 9.17) is 0 Å². The van der Waals surface area contributed by atoms with Gasteiger partial charge in [-0.3, -0.25) is 4.79 Å². The van der Waals surface area contributed by atoms with E-state index in [0.717, 1.165) is 10.9 Å². The van der Waals surface area contributed by atoms with Gasteiger partial charge in [0.05, 0.1) is 5.52 Å². The van der Waals surface area contributed by atoms with Gasteiger partial charge in [-0.15, -0.1) is 0 Å². The number of pyridine rings is 1. The second-order valence-electron chi connectivity index (χ2n) is 4.19. The molecule has 3 heteroatoms. The van der Waals surface area contributed by atoms with Crippen molar-refractivity contribution < 1.29 is 4.79 Å². The molecule has 0 saturated heterocycles. The van der Waals surface area contributed by atoms with Crippen LogP contribution in [0.1, 0.15) is 19.8 Å². The third kappa shape index (κ3) is 2.61. The van der Waals surface area contributed by atoms with Gasteiger partial charge >= 0.3 is 0 Å². The molecule has 0 unspecified atom stereocenters. The molecule has 0 atom stereocenters. The molecule has 0 aliphatic heterocycles. The van der Waals surface area contributed by atoms with Gasteiger partial charge in [-0.25, -0.2) is 0 Å². The molecule has 0 spiro atoms. The molecular formula is C14H15NO2. The summed E-state index contributed by atoms with van der Waals surface area (Å²) >= 11 is 0. The van der Waals surface area contributed by atoms with E-state index in [-0.39, 0.29) is 11.3 Å². The first-order valence-electron chi connectivity index (χ1n) is 5.76. The van der Waals surface area contributed by atoms with Gasteiger partial charge in [0.2, 0.25) is 0 Å². The topological polar surface area (TPSA) is 39.1 Å². The summed E-state index contributed by atoms with van der Waals surface area (Å²) in [6.45, 7) is 2.17. The number of benzene rings is 1. The summed E-state index contributed by atoms with van der Waals surface area (Å²) in [5.41, 5.74) is 0.927. The lowest BCUT2D eigenvalue weighted by Gasteiger charge is -2.09. The number of hydrogen-bond donors (Lipinski definition) is 0. The predicted octanol–water partition coefficient (Wildman–Crippen LogP) is 2.37. The van der Waals surface area contributed by atoms with Crippen LogP contribution in [-0.2, 0) is 11.3 Å². The van der Waals surface area contributed by atoms with E-state index < -0.39 is 0 Å². The normalized spacial score (nSPS) is 10.6. The monoisotopic (exact) mass is 229 g/mol. The van der Waals surface area contributed by atoms with Crippen molar-refractivity contribution in [2.75, 3.05) is 0 Å². The van der Waals surface area contributed by atoms with Crippen LogP contribution in [0.15, 0.2) is 41.2 Å². The smallest absolute Gasteiger partial charge is 0.251 e. The molecule has 1 aromatic carbocycles. The molecular weight excluding hydrogens is 214 g/mol. The molecule has 1 heterocycles. The van der Waals surface area contributed by atoms with Gasteiger partial charge in [-0.1, -0.05) is 18.2 Å². The second kappa shape index (κ2) is 4.95. The first kappa shape index (κ1) is 11.6. The lowest BCUT2D eigenvalue weighted by Crippen LogP contribution is -2.19. The number of ketones is 1. The molecule has 0 N–H and O–H groups in total. The highest BCUT2D eigenvalue weighted by Gasteiger charge is 2.02. The van der Waals surface area contributed by atoms with Gasteiger partial charge in [-0.2, -0.15) is 0 Å². The summed E-state index contributed by atoms with van der Waals surface area (Å²) in [5.74, 6) is 0.165. The molecule has 0 fully saturated rings. The number of hydrogen-bond acceptors (Lipinski definition) is 2. The zero-order valence-corrected chi connectivity index (χ0v) is 9.85. The van der Waals surface area contributed by atoms with E-state index >= 15 is 0 Å². The van der Waals surface area contributed by atoms with Crippen LogP contribution < -0.4 is 5.56 Å². The molecule has 0 amide bonds. The summed E-state index contributed by atoms with van der Waals surface area (Å²) in [6, 6.07) is 11.2. The molecule has 0 aliphatic rings. The maximum Gasteiger partial charge on any atom is 0.251 e. The van der Waals surface area contributed by atoms with E-state index in [1.165, 1.54) is 0 Å². The molecule has 0 saturated carbocycles. The van der Waals surface area contributed by atoms with Crippen molar-refractivity contribution in [1.29, 1.82) is 0 Å². The molecule has 88 valence electrons. The minimum absolute atomic E-state index is 0.00717. The Bertz CT molecular complexity index is 598. The van der Waals surface area contributed by atoms with Crippen molar-refractivity contribution >= 4 is 16.7 Å². The fourth-order valence-corrected chi connectivity index (χ4v) is 1.96. The van der Waals surface area contributed by atoms with Crippen LogP contribution in [0.2, 0.25) is 0 Å². The van der Waals surface area contributed by atoms with Gasteiger partial charge in [-0.05, 0) is 30.9 Å². The zero-order valence-electron chi connectivity index (χ0n) is 9.85. The van der Waals surface area contributed by atoms with Gasteiger partial charge in [0.15, 0.2) is 0 Å². The highest BCUT2D eigenvalue weighted by atomic mass is 16.1. The number of aromatic nitrogens is 1. The van der Waals surface area contributed by atoms with E-state index in [0.29, 0.717) is 19.4 Å². The Morgan fingerprint density at radius 2 is 1.94 bits per heavy atom. The molecule has 1 aromatic heterocycles. The van der Waals surface area contributed by atoms with Gasteiger partial charge < -0.3 is 9.36 Å². The van der Waals surface area contributed by atoms with Gasteiger partial charge in [0, 0.05) is 19.0 Å². The number of para-hydroxylation sites is 1. The van der Waals surface area contributed by atoms with Crippen molar-refractivity contribution in [2.24, 2.45) is 0 Å². The van der Waals surface area contributed by atoms with Crippen molar-refractivity contribution in [3.8, 4) is 0 Å². The number of rotatable bonds is 4. The Morgan fingerprint density at radius 3 is 2.71 bits per heavy atom. The first-order valence-corrected chi connectivity index (χ1v) is 5.76. The fraction of sp³-hybridized carbons (Fsp3) is 0.286. The maximum absolute atomic E-state index is 11.8. The quantitative estimate of drug-likeness (QED) is 0.807. The summed E-state index contributed by atoms with van der Waals surface area (Å²) in [5, 5.41) is 1.05. The maximum atomic E-state index is 11.8. The minimum Gasteiger partial charge on any atom is -0.308 e. The molecule has 2 aromatic rings. The number of carbonyl (C=O) groups is 1. The fourth-order valence-electron chi connectivity index (χ4n) is 1.96. The van der Waals surface area contributed by atoms with Crippen LogP contribution in [0.25, 0.3) is 10.9 Å².